The van der Waals surface area contributed by atoms with Crippen LogP contribution in [0.3, 0.4) is 0 Å². The molecule has 0 fully saturated rings. The van der Waals surface area contributed by atoms with Crippen LogP contribution in [0.5, 0.6) is 0 Å². The Labute approximate surface area is 135 Å². The fraction of sp³-hybridized carbons (Fsp3) is 0.353. The molecule has 0 spiro atoms. The van der Waals surface area contributed by atoms with Crippen molar-refractivity contribution >= 4 is 23.4 Å². The lowest BCUT2D eigenvalue weighted by Crippen LogP contribution is -2.22. The molecule has 116 valence electrons. The van der Waals surface area contributed by atoms with E-state index in [4.69, 9.17) is 0 Å². The van der Waals surface area contributed by atoms with Gasteiger partial charge in [-0.25, -0.2) is 9.97 Å². The molecule has 0 aliphatic carbocycles. The fourth-order valence-electron chi connectivity index (χ4n) is 1.97. The summed E-state index contributed by atoms with van der Waals surface area (Å²) in [6.45, 7) is 9.80. The molecule has 0 saturated heterocycles. The van der Waals surface area contributed by atoms with E-state index in [1.165, 1.54) is 11.8 Å². The molecule has 1 atom stereocenters. The zero-order valence-electron chi connectivity index (χ0n) is 13.6. The second kappa shape index (κ2) is 6.92. The zero-order chi connectivity index (χ0) is 16.3. The summed E-state index contributed by atoms with van der Waals surface area (Å²) >= 11 is 1.38. The number of benzene rings is 1. The maximum absolute atomic E-state index is 12.3. The molecule has 4 nitrogen and oxygen atoms in total. The third-order valence-corrected chi connectivity index (χ3v) is 4.51. The normalized spacial score (nSPS) is 12.0. The number of nitrogens with zero attached hydrogens (tertiary/aromatic N) is 2. The lowest BCUT2D eigenvalue weighted by molar-refractivity contribution is -0.115. The van der Waals surface area contributed by atoms with Gasteiger partial charge < -0.3 is 5.32 Å². The van der Waals surface area contributed by atoms with Crippen molar-refractivity contribution in [1.82, 2.24) is 9.97 Å². The van der Waals surface area contributed by atoms with Crippen LogP contribution in [0.4, 0.5) is 5.69 Å². The quantitative estimate of drug-likeness (QED) is 0.688. The van der Waals surface area contributed by atoms with Crippen molar-refractivity contribution in [3.63, 3.8) is 0 Å². The van der Waals surface area contributed by atoms with E-state index >= 15 is 0 Å². The van der Waals surface area contributed by atoms with Gasteiger partial charge in [0.05, 0.1) is 5.25 Å². The first-order valence-electron chi connectivity index (χ1n) is 7.23. The molecule has 2 rings (SSSR count). The van der Waals surface area contributed by atoms with Gasteiger partial charge in [0.1, 0.15) is 0 Å². The molecular formula is C17H21N3OS. The molecule has 0 saturated carbocycles. The number of nitrogens with one attached hydrogen (secondary N) is 1. The maximum atomic E-state index is 12.3. The second-order valence-corrected chi connectivity index (χ2v) is 6.73. The van der Waals surface area contributed by atoms with E-state index in [0.29, 0.717) is 5.16 Å². The smallest absolute Gasteiger partial charge is 0.237 e. The topological polar surface area (TPSA) is 54.9 Å². The van der Waals surface area contributed by atoms with Gasteiger partial charge >= 0.3 is 0 Å². The highest BCUT2D eigenvalue weighted by molar-refractivity contribution is 8.00. The van der Waals surface area contributed by atoms with Gasteiger partial charge in [0.15, 0.2) is 5.16 Å². The highest BCUT2D eigenvalue weighted by Crippen LogP contribution is 2.23. The van der Waals surface area contributed by atoms with Gasteiger partial charge in [-0.05, 0) is 57.9 Å². The van der Waals surface area contributed by atoms with E-state index in [1.807, 2.05) is 58.9 Å². The Balaban J connectivity index is 2.05. The number of hydrogen-bond acceptors (Lipinski definition) is 4. The Morgan fingerprint density at radius 3 is 2.36 bits per heavy atom. The van der Waals surface area contributed by atoms with Crippen molar-refractivity contribution in [3.05, 3.63) is 46.8 Å². The molecule has 0 unspecified atom stereocenters. The SMILES string of the molecule is Cc1cccc(NC(=O)[C@@H](C)Sc2nc(C)c(C)c(C)n2)c1. The fourth-order valence-corrected chi connectivity index (χ4v) is 2.83. The number of thioether (sulfide) groups is 1. The predicted octanol–water partition coefficient (Wildman–Crippen LogP) is 3.83. The maximum Gasteiger partial charge on any atom is 0.237 e. The van der Waals surface area contributed by atoms with Crippen LogP contribution in [-0.2, 0) is 4.79 Å². The summed E-state index contributed by atoms with van der Waals surface area (Å²) in [5.41, 5.74) is 4.95. The van der Waals surface area contributed by atoms with Crippen LogP contribution in [0.25, 0.3) is 0 Å². The molecule has 1 amide bonds. The molecule has 5 heteroatoms. The predicted molar refractivity (Wildman–Crippen MR) is 91.4 cm³/mol. The summed E-state index contributed by atoms with van der Waals surface area (Å²) in [5.74, 6) is -0.0462. The molecular weight excluding hydrogens is 294 g/mol. The summed E-state index contributed by atoms with van der Waals surface area (Å²) in [4.78, 5) is 21.2. The molecule has 2 aromatic rings. The van der Waals surface area contributed by atoms with Crippen molar-refractivity contribution < 1.29 is 4.79 Å². The number of carbonyl (C=O) groups excluding carboxylic acids is 1. The van der Waals surface area contributed by atoms with E-state index in [2.05, 4.69) is 15.3 Å². The van der Waals surface area contributed by atoms with Crippen LogP contribution in [0.15, 0.2) is 29.4 Å². The van der Waals surface area contributed by atoms with Crippen molar-refractivity contribution in [3.8, 4) is 0 Å². The van der Waals surface area contributed by atoms with Gasteiger partial charge in [-0.1, -0.05) is 23.9 Å². The molecule has 22 heavy (non-hydrogen) atoms. The number of carbonyl (C=O) groups is 1. The standard InChI is InChI=1S/C17H21N3OS/c1-10-7-6-8-15(9-10)20-16(21)14(5)22-17-18-12(3)11(2)13(4)19-17/h6-9,14H,1-5H3,(H,20,21)/t14-/m1/s1. The Hall–Kier alpha value is -1.88. The first-order valence-corrected chi connectivity index (χ1v) is 8.11. The van der Waals surface area contributed by atoms with Crippen molar-refractivity contribution in [2.45, 2.75) is 45.0 Å². The van der Waals surface area contributed by atoms with Crippen LogP contribution < -0.4 is 5.32 Å². The number of rotatable bonds is 4. The van der Waals surface area contributed by atoms with Crippen LogP contribution in [0.2, 0.25) is 0 Å². The van der Waals surface area contributed by atoms with Crippen LogP contribution in [0.1, 0.15) is 29.4 Å². The molecule has 1 N–H and O–H groups in total. The van der Waals surface area contributed by atoms with Crippen LogP contribution >= 0.6 is 11.8 Å². The number of aromatic nitrogens is 2. The van der Waals surface area contributed by atoms with E-state index in [9.17, 15) is 4.79 Å². The Kier molecular flexibility index (Phi) is 5.19. The Morgan fingerprint density at radius 2 is 1.77 bits per heavy atom. The third-order valence-electron chi connectivity index (χ3n) is 3.55. The molecule has 1 heterocycles. The minimum Gasteiger partial charge on any atom is -0.325 e. The third kappa shape index (κ3) is 4.07. The van der Waals surface area contributed by atoms with E-state index < -0.39 is 0 Å². The van der Waals surface area contributed by atoms with Gasteiger partial charge in [0.25, 0.3) is 0 Å². The van der Waals surface area contributed by atoms with Gasteiger partial charge in [-0.2, -0.15) is 0 Å². The Bertz CT molecular complexity index is 677. The molecule has 1 aromatic heterocycles. The van der Waals surface area contributed by atoms with Gasteiger partial charge in [-0.15, -0.1) is 0 Å². The van der Waals surface area contributed by atoms with Crippen molar-refractivity contribution in [2.24, 2.45) is 0 Å². The molecule has 0 aliphatic rings. The average molecular weight is 315 g/mol. The molecule has 0 aliphatic heterocycles. The van der Waals surface area contributed by atoms with Gasteiger partial charge in [0.2, 0.25) is 5.91 Å². The molecule has 1 aromatic carbocycles. The lowest BCUT2D eigenvalue weighted by Gasteiger charge is -2.13. The number of anilines is 1. The van der Waals surface area contributed by atoms with Crippen molar-refractivity contribution in [1.29, 1.82) is 0 Å². The average Bonchev–Trinajstić information content (AvgIpc) is 2.44. The van der Waals surface area contributed by atoms with E-state index in [1.54, 1.807) is 0 Å². The summed E-state index contributed by atoms with van der Waals surface area (Å²) in [6.07, 6.45) is 0. The molecule has 0 radical (unpaired) electrons. The van der Waals surface area contributed by atoms with Gasteiger partial charge in [0, 0.05) is 17.1 Å². The summed E-state index contributed by atoms with van der Waals surface area (Å²) in [5, 5.41) is 3.31. The largest absolute Gasteiger partial charge is 0.325 e. The summed E-state index contributed by atoms with van der Waals surface area (Å²) in [7, 11) is 0. The second-order valence-electron chi connectivity index (χ2n) is 5.42. The minimum atomic E-state index is -0.262. The number of amides is 1. The van der Waals surface area contributed by atoms with Crippen molar-refractivity contribution in [2.75, 3.05) is 5.32 Å². The Morgan fingerprint density at radius 1 is 1.14 bits per heavy atom. The van der Waals surface area contributed by atoms with E-state index in [-0.39, 0.29) is 11.2 Å². The first-order chi connectivity index (χ1) is 10.4. The monoisotopic (exact) mass is 315 g/mol. The van der Waals surface area contributed by atoms with Gasteiger partial charge in [-0.3, -0.25) is 4.79 Å². The van der Waals surface area contributed by atoms with Crippen LogP contribution in [0, 0.1) is 27.7 Å². The highest BCUT2D eigenvalue weighted by Gasteiger charge is 2.17. The van der Waals surface area contributed by atoms with Crippen LogP contribution in [-0.4, -0.2) is 21.1 Å². The zero-order valence-corrected chi connectivity index (χ0v) is 14.4. The lowest BCUT2D eigenvalue weighted by atomic mass is 10.2. The number of hydrogen-bond donors (Lipinski definition) is 1. The summed E-state index contributed by atoms with van der Waals surface area (Å²) in [6, 6.07) is 7.77. The highest BCUT2D eigenvalue weighted by atomic mass is 32.2. The minimum absolute atomic E-state index is 0.0462. The van der Waals surface area contributed by atoms with E-state index in [0.717, 1.165) is 28.2 Å². The molecule has 0 bridgehead atoms. The summed E-state index contributed by atoms with van der Waals surface area (Å²) < 4.78 is 0. The first kappa shape index (κ1) is 16.5. The number of aryl methyl sites for hydroxylation is 3.